The molecule has 0 fully saturated rings. The number of ether oxygens (including phenoxy) is 1. The number of aryl methyl sites for hydroxylation is 3. The first-order valence-corrected chi connectivity index (χ1v) is 10.5. The lowest BCUT2D eigenvalue weighted by Gasteiger charge is -2.16. The van der Waals surface area contributed by atoms with Crippen LogP contribution in [0, 0.1) is 13.8 Å². The number of aromatic amines is 1. The van der Waals surface area contributed by atoms with Crippen LogP contribution in [-0.4, -0.2) is 46.8 Å². The van der Waals surface area contributed by atoms with Crippen LogP contribution >= 0.6 is 35.3 Å². The highest BCUT2D eigenvalue weighted by Gasteiger charge is 2.20. The summed E-state index contributed by atoms with van der Waals surface area (Å²) in [7, 11) is 0. The second-order valence-electron chi connectivity index (χ2n) is 6.44. The first kappa shape index (κ1) is 25.3. The summed E-state index contributed by atoms with van der Waals surface area (Å²) in [4.78, 5) is 21.7. The summed E-state index contributed by atoms with van der Waals surface area (Å²) in [6, 6.07) is -0.0687. The van der Waals surface area contributed by atoms with Gasteiger partial charge >= 0.3 is 5.97 Å². The number of hydrogen-bond acceptors (Lipinski definition) is 6. The van der Waals surface area contributed by atoms with Gasteiger partial charge in [-0.25, -0.2) is 9.78 Å². The normalized spacial score (nSPS) is 12.2. The van der Waals surface area contributed by atoms with Gasteiger partial charge in [-0.15, -0.1) is 35.3 Å². The predicted molar refractivity (Wildman–Crippen MR) is 127 cm³/mol. The number of carbonyl (C=O) groups excluding carboxylic acids is 1. The molecule has 2 aromatic heterocycles. The van der Waals surface area contributed by atoms with Crippen molar-refractivity contribution in [3.8, 4) is 0 Å². The van der Waals surface area contributed by atoms with E-state index >= 15 is 0 Å². The van der Waals surface area contributed by atoms with Crippen molar-refractivity contribution in [2.24, 2.45) is 4.99 Å². The van der Waals surface area contributed by atoms with Gasteiger partial charge in [0.05, 0.1) is 24.5 Å². The van der Waals surface area contributed by atoms with Gasteiger partial charge in [0.25, 0.3) is 0 Å². The lowest BCUT2D eigenvalue weighted by Crippen LogP contribution is -2.38. The summed E-state index contributed by atoms with van der Waals surface area (Å²) in [5.41, 5.74) is 3.04. The minimum absolute atomic E-state index is 0. The molecule has 0 aliphatic rings. The molecule has 0 aromatic carbocycles. The third-order valence-corrected chi connectivity index (χ3v) is 5.47. The molecule has 8 nitrogen and oxygen atoms in total. The molecule has 0 amide bonds. The topological polar surface area (TPSA) is 104 Å². The Hall–Kier alpha value is -1.69. The smallest absolute Gasteiger partial charge is 0.350 e. The first-order valence-electron chi connectivity index (χ1n) is 9.64. The third-order valence-electron chi connectivity index (χ3n) is 4.15. The molecule has 0 saturated heterocycles. The van der Waals surface area contributed by atoms with Crippen molar-refractivity contribution >= 4 is 47.2 Å². The number of hydrogen-bond donors (Lipinski definition) is 3. The molecular weight excluding hydrogens is 503 g/mol. The van der Waals surface area contributed by atoms with Gasteiger partial charge in [-0.3, -0.25) is 10.1 Å². The summed E-state index contributed by atoms with van der Waals surface area (Å²) in [6.07, 6.45) is 3.75. The fraction of sp³-hybridized carbons (Fsp3) is 0.579. The van der Waals surface area contributed by atoms with Crippen LogP contribution < -0.4 is 10.6 Å². The Morgan fingerprint density at radius 1 is 1.38 bits per heavy atom. The maximum absolute atomic E-state index is 12.0. The number of aromatic nitrogens is 3. The summed E-state index contributed by atoms with van der Waals surface area (Å²) in [6.45, 7) is 11.5. The van der Waals surface area contributed by atoms with Crippen molar-refractivity contribution in [1.29, 1.82) is 0 Å². The Labute approximate surface area is 193 Å². The van der Waals surface area contributed by atoms with E-state index < -0.39 is 0 Å². The van der Waals surface area contributed by atoms with Gasteiger partial charge < -0.3 is 15.4 Å². The van der Waals surface area contributed by atoms with Gasteiger partial charge in [-0.2, -0.15) is 5.10 Å². The number of aliphatic imine (C=N–C) groups is 1. The summed E-state index contributed by atoms with van der Waals surface area (Å²) >= 11 is 1.36. The Morgan fingerprint density at radius 3 is 2.76 bits per heavy atom. The van der Waals surface area contributed by atoms with Gasteiger partial charge in [-0.1, -0.05) is 0 Å². The highest BCUT2D eigenvalue weighted by Crippen LogP contribution is 2.24. The quantitative estimate of drug-likeness (QED) is 0.150. The fourth-order valence-electron chi connectivity index (χ4n) is 2.66. The van der Waals surface area contributed by atoms with E-state index in [1.165, 1.54) is 16.9 Å². The summed E-state index contributed by atoms with van der Waals surface area (Å²) < 4.78 is 5.09. The SMILES string of the molecule is CCNC(=NCCCc1cn[nH]c1C)NC(C)c1nc(C)c(C(=O)OCC)s1.I. The van der Waals surface area contributed by atoms with Crippen LogP contribution in [-0.2, 0) is 11.2 Å². The van der Waals surface area contributed by atoms with E-state index in [1.54, 1.807) is 6.92 Å². The van der Waals surface area contributed by atoms with E-state index in [9.17, 15) is 4.79 Å². The molecule has 0 aliphatic heterocycles. The maximum atomic E-state index is 12.0. The van der Waals surface area contributed by atoms with Gasteiger partial charge in [0, 0.05) is 18.8 Å². The minimum Gasteiger partial charge on any atom is -0.462 e. The van der Waals surface area contributed by atoms with E-state index in [0.717, 1.165) is 36.0 Å². The molecule has 0 saturated carbocycles. The van der Waals surface area contributed by atoms with E-state index in [-0.39, 0.29) is 36.0 Å². The van der Waals surface area contributed by atoms with Gasteiger partial charge in [0.1, 0.15) is 9.88 Å². The number of rotatable bonds is 9. The molecule has 0 spiro atoms. The zero-order valence-corrected chi connectivity index (χ0v) is 20.8. The Kier molecular flexibility index (Phi) is 11.2. The van der Waals surface area contributed by atoms with Crippen molar-refractivity contribution < 1.29 is 9.53 Å². The van der Waals surface area contributed by atoms with Gasteiger partial charge in [0.15, 0.2) is 5.96 Å². The molecular formula is C19H31IN6O2S. The lowest BCUT2D eigenvalue weighted by molar-refractivity contribution is 0.0531. The van der Waals surface area contributed by atoms with Gasteiger partial charge in [0.2, 0.25) is 0 Å². The molecule has 2 rings (SSSR count). The predicted octanol–water partition coefficient (Wildman–Crippen LogP) is 3.53. The maximum Gasteiger partial charge on any atom is 0.350 e. The molecule has 10 heteroatoms. The van der Waals surface area contributed by atoms with E-state index in [4.69, 9.17) is 4.74 Å². The molecule has 162 valence electrons. The van der Waals surface area contributed by atoms with E-state index in [2.05, 4.69) is 30.8 Å². The average Bonchev–Trinajstić information content (AvgIpc) is 3.24. The Bertz CT molecular complexity index is 804. The molecule has 2 aromatic rings. The van der Waals surface area contributed by atoms with Gasteiger partial charge in [-0.05, 0) is 53.0 Å². The van der Waals surface area contributed by atoms with Crippen molar-refractivity contribution in [3.63, 3.8) is 0 Å². The van der Waals surface area contributed by atoms with Crippen LogP contribution in [0.5, 0.6) is 0 Å². The van der Waals surface area contributed by atoms with Crippen molar-refractivity contribution in [2.45, 2.75) is 53.5 Å². The number of guanidine groups is 1. The number of carbonyl (C=O) groups is 1. The molecule has 1 atom stereocenters. The molecule has 0 aliphatic carbocycles. The largest absolute Gasteiger partial charge is 0.462 e. The highest BCUT2D eigenvalue weighted by atomic mass is 127. The third kappa shape index (κ3) is 7.57. The summed E-state index contributed by atoms with van der Waals surface area (Å²) in [5, 5.41) is 14.5. The van der Waals surface area contributed by atoms with Crippen LogP contribution in [0.15, 0.2) is 11.2 Å². The van der Waals surface area contributed by atoms with E-state index in [0.29, 0.717) is 23.7 Å². The van der Waals surface area contributed by atoms with Crippen LogP contribution in [0.25, 0.3) is 0 Å². The van der Waals surface area contributed by atoms with Crippen molar-refractivity contribution in [1.82, 2.24) is 25.8 Å². The second-order valence-corrected chi connectivity index (χ2v) is 7.47. The number of nitrogens with one attached hydrogen (secondary N) is 3. The monoisotopic (exact) mass is 534 g/mol. The molecule has 2 heterocycles. The van der Waals surface area contributed by atoms with Crippen LogP contribution in [0.1, 0.15) is 64.9 Å². The molecule has 1 unspecified atom stereocenters. The first-order chi connectivity index (χ1) is 13.5. The van der Waals surface area contributed by atoms with Crippen LogP contribution in [0.3, 0.4) is 0 Å². The summed E-state index contributed by atoms with van der Waals surface area (Å²) in [5.74, 6) is 0.426. The molecule has 0 bridgehead atoms. The lowest BCUT2D eigenvalue weighted by atomic mass is 10.1. The highest BCUT2D eigenvalue weighted by molar-refractivity contribution is 14.0. The zero-order chi connectivity index (χ0) is 20.5. The molecule has 3 N–H and O–H groups in total. The van der Waals surface area contributed by atoms with Crippen molar-refractivity contribution in [2.75, 3.05) is 19.7 Å². The number of thiazole rings is 1. The minimum atomic E-state index is -0.314. The molecule has 29 heavy (non-hydrogen) atoms. The van der Waals surface area contributed by atoms with Crippen LogP contribution in [0.2, 0.25) is 0 Å². The second kappa shape index (κ2) is 12.8. The number of esters is 1. The number of H-pyrrole nitrogens is 1. The van der Waals surface area contributed by atoms with Crippen LogP contribution in [0.4, 0.5) is 0 Å². The fourth-order valence-corrected chi connectivity index (χ4v) is 3.63. The number of halogens is 1. The van der Waals surface area contributed by atoms with E-state index in [1.807, 2.05) is 33.9 Å². The average molecular weight is 534 g/mol. The zero-order valence-electron chi connectivity index (χ0n) is 17.7. The Balaban J connectivity index is 0.00000420. The standard InChI is InChI=1S/C19H30N6O2S.HI/c1-6-20-19(21-10-8-9-15-11-22-25-12(15)3)24-14(5)17-23-13(4)16(28-17)18(26)27-7-2;/h11,14H,6-10H2,1-5H3,(H,22,25)(H2,20,21,24);1H. The van der Waals surface area contributed by atoms with Crippen molar-refractivity contribution in [3.05, 3.63) is 33.0 Å². The Morgan fingerprint density at radius 2 is 2.14 bits per heavy atom. The number of nitrogens with zero attached hydrogens (tertiary/aromatic N) is 3. The molecule has 0 radical (unpaired) electrons.